The van der Waals surface area contributed by atoms with Gasteiger partial charge in [-0.3, -0.25) is 14.2 Å². The van der Waals surface area contributed by atoms with Crippen molar-refractivity contribution < 1.29 is 4.79 Å². The molecule has 30 heavy (non-hydrogen) atoms. The number of carbonyl (C=O) groups excluding carboxylic acids is 1. The fourth-order valence-electron chi connectivity index (χ4n) is 3.59. The molecule has 0 aliphatic rings. The average molecular weight is 397 g/mol. The molecule has 5 nitrogen and oxygen atoms in total. The zero-order valence-electron chi connectivity index (χ0n) is 16.8. The molecule has 1 amide bonds. The normalized spacial score (nSPS) is 10.8. The van der Waals surface area contributed by atoms with Gasteiger partial charge in [-0.1, -0.05) is 48.5 Å². The first-order chi connectivity index (χ1) is 14.6. The molecule has 3 aromatic carbocycles. The number of rotatable bonds is 6. The van der Waals surface area contributed by atoms with E-state index in [0.29, 0.717) is 34.5 Å². The summed E-state index contributed by atoms with van der Waals surface area (Å²) in [5.41, 5.74) is 3.13. The number of hydrogen-bond donors (Lipinski definition) is 1. The van der Waals surface area contributed by atoms with E-state index in [2.05, 4.69) is 22.4 Å². The zero-order valence-corrected chi connectivity index (χ0v) is 16.8. The molecule has 150 valence electrons. The third-order valence-corrected chi connectivity index (χ3v) is 5.04. The van der Waals surface area contributed by atoms with Crippen LogP contribution in [0.15, 0.2) is 83.7 Å². The molecular formula is C25H23N3O2. The highest BCUT2D eigenvalue weighted by Crippen LogP contribution is 2.17. The zero-order chi connectivity index (χ0) is 20.9. The molecule has 4 aromatic rings. The Hall–Kier alpha value is -3.73. The first-order valence-corrected chi connectivity index (χ1v) is 10.0. The lowest BCUT2D eigenvalue weighted by molar-refractivity contribution is -0.116. The SMILES string of the molecule is Cc1nc2ccccc2c(=O)n1-c1cccc(NC(=O)CCCc2ccccc2)c1. The van der Waals surface area contributed by atoms with E-state index in [4.69, 9.17) is 0 Å². The number of nitrogens with one attached hydrogen (secondary N) is 1. The van der Waals surface area contributed by atoms with Crippen molar-refractivity contribution in [1.29, 1.82) is 0 Å². The van der Waals surface area contributed by atoms with Crippen molar-refractivity contribution in [1.82, 2.24) is 9.55 Å². The van der Waals surface area contributed by atoms with E-state index in [0.717, 1.165) is 12.8 Å². The number of aryl methyl sites for hydroxylation is 2. The number of para-hydroxylation sites is 1. The van der Waals surface area contributed by atoms with Crippen LogP contribution in [-0.2, 0) is 11.2 Å². The molecule has 0 bridgehead atoms. The molecule has 1 N–H and O–H groups in total. The second kappa shape index (κ2) is 8.74. The molecule has 5 heteroatoms. The Kier molecular flexibility index (Phi) is 5.70. The molecule has 4 rings (SSSR count). The van der Waals surface area contributed by atoms with E-state index in [-0.39, 0.29) is 11.5 Å². The Balaban J connectivity index is 1.50. The van der Waals surface area contributed by atoms with Crippen LogP contribution in [0.1, 0.15) is 24.2 Å². The van der Waals surface area contributed by atoms with Crippen molar-refractivity contribution >= 4 is 22.5 Å². The summed E-state index contributed by atoms with van der Waals surface area (Å²) in [6.07, 6.45) is 2.09. The second-order valence-corrected chi connectivity index (χ2v) is 7.25. The average Bonchev–Trinajstić information content (AvgIpc) is 2.75. The van der Waals surface area contributed by atoms with Gasteiger partial charge >= 0.3 is 0 Å². The van der Waals surface area contributed by atoms with Gasteiger partial charge in [0.25, 0.3) is 5.56 Å². The maximum absolute atomic E-state index is 13.0. The lowest BCUT2D eigenvalue weighted by Crippen LogP contribution is -2.22. The van der Waals surface area contributed by atoms with Gasteiger partial charge in [-0.05, 0) is 55.7 Å². The van der Waals surface area contributed by atoms with Crippen LogP contribution in [0.25, 0.3) is 16.6 Å². The minimum Gasteiger partial charge on any atom is -0.326 e. The van der Waals surface area contributed by atoms with Gasteiger partial charge in [0.1, 0.15) is 5.82 Å². The largest absolute Gasteiger partial charge is 0.326 e. The van der Waals surface area contributed by atoms with Gasteiger partial charge in [-0.15, -0.1) is 0 Å². The molecule has 0 spiro atoms. The molecule has 0 aliphatic carbocycles. The van der Waals surface area contributed by atoms with E-state index >= 15 is 0 Å². The standard InChI is InChI=1S/C25H23N3O2/c1-18-26-23-15-6-5-14-22(23)25(30)28(18)21-13-8-12-20(17-21)27-24(29)16-7-11-19-9-3-2-4-10-19/h2-6,8-10,12-15,17H,7,11,16H2,1H3,(H,27,29). The van der Waals surface area contributed by atoms with Crippen molar-refractivity contribution in [3.8, 4) is 5.69 Å². The maximum atomic E-state index is 13.0. The van der Waals surface area contributed by atoms with Gasteiger partial charge in [0.05, 0.1) is 16.6 Å². The molecule has 0 atom stereocenters. The number of anilines is 1. The lowest BCUT2D eigenvalue weighted by Gasteiger charge is -2.12. The highest BCUT2D eigenvalue weighted by atomic mass is 16.1. The van der Waals surface area contributed by atoms with Gasteiger partial charge in [0.2, 0.25) is 5.91 Å². The number of benzene rings is 3. The fourth-order valence-corrected chi connectivity index (χ4v) is 3.59. The fraction of sp³-hybridized carbons (Fsp3) is 0.160. The van der Waals surface area contributed by atoms with Gasteiger partial charge < -0.3 is 5.32 Å². The van der Waals surface area contributed by atoms with Crippen molar-refractivity contribution in [2.45, 2.75) is 26.2 Å². The summed E-state index contributed by atoms with van der Waals surface area (Å²) in [5.74, 6) is 0.564. The summed E-state index contributed by atoms with van der Waals surface area (Å²) in [5, 5.41) is 3.51. The van der Waals surface area contributed by atoms with Gasteiger partial charge in [-0.2, -0.15) is 0 Å². The minimum absolute atomic E-state index is 0.0382. The molecule has 0 unspecified atom stereocenters. The summed E-state index contributed by atoms with van der Waals surface area (Å²) >= 11 is 0. The molecule has 0 aliphatic heterocycles. The van der Waals surface area contributed by atoms with Crippen molar-refractivity contribution in [2.24, 2.45) is 0 Å². The predicted octanol–water partition coefficient (Wildman–Crippen LogP) is 4.66. The topological polar surface area (TPSA) is 64.0 Å². The van der Waals surface area contributed by atoms with E-state index < -0.39 is 0 Å². The Labute approximate surface area is 175 Å². The van der Waals surface area contributed by atoms with Crippen molar-refractivity contribution in [2.75, 3.05) is 5.32 Å². The van der Waals surface area contributed by atoms with E-state index in [1.807, 2.05) is 61.5 Å². The van der Waals surface area contributed by atoms with Crippen LogP contribution in [0.4, 0.5) is 5.69 Å². The van der Waals surface area contributed by atoms with Crippen LogP contribution in [0.3, 0.4) is 0 Å². The number of hydrogen-bond acceptors (Lipinski definition) is 3. The van der Waals surface area contributed by atoms with Crippen LogP contribution in [-0.4, -0.2) is 15.5 Å². The number of aromatic nitrogens is 2. The first kappa shape index (κ1) is 19.6. The lowest BCUT2D eigenvalue weighted by atomic mass is 10.1. The highest BCUT2D eigenvalue weighted by molar-refractivity contribution is 5.91. The summed E-state index contributed by atoms with van der Waals surface area (Å²) in [6.45, 7) is 1.81. The van der Waals surface area contributed by atoms with E-state index in [1.165, 1.54) is 5.56 Å². The van der Waals surface area contributed by atoms with Gasteiger partial charge in [0.15, 0.2) is 0 Å². The van der Waals surface area contributed by atoms with Crippen LogP contribution in [0, 0.1) is 6.92 Å². The third-order valence-electron chi connectivity index (χ3n) is 5.04. The first-order valence-electron chi connectivity index (χ1n) is 10.0. The summed E-state index contributed by atoms with van der Waals surface area (Å²) < 4.78 is 1.58. The van der Waals surface area contributed by atoms with Gasteiger partial charge in [0, 0.05) is 12.1 Å². The number of amides is 1. The maximum Gasteiger partial charge on any atom is 0.265 e. The molecule has 0 fully saturated rings. The van der Waals surface area contributed by atoms with Crippen molar-refractivity contribution in [3.05, 3.63) is 101 Å². The van der Waals surface area contributed by atoms with Gasteiger partial charge in [-0.25, -0.2) is 4.98 Å². The number of carbonyl (C=O) groups is 1. The smallest absolute Gasteiger partial charge is 0.265 e. The third kappa shape index (κ3) is 4.30. The van der Waals surface area contributed by atoms with Crippen LogP contribution >= 0.6 is 0 Å². The molecule has 1 heterocycles. The molecule has 0 saturated heterocycles. The van der Waals surface area contributed by atoms with Crippen LogP contribution < -0.4 is 10.9 Å². The molecular weight excluding hydrogens is 374 g/mol. The predicted molar refractivity (Wildman–Crippen MR) is 120 cm³/mol. The Morgan fingerprint density at radius 3 is 2.57 bits per heavy atom. The van der Waals surface area contributed by atoms with Crippen LogP contribution in [0.2, 0.25) is 0 Å². The summed E-state index contributed by atoms with van der Waals surface area (Å²) in [4.78, 5) is 29.9. The Morgan fingerprint density at radius 2 is 1.73 bits per heavy atom. The quantitative estimate of drug-likeness (QED) is 0.515. The van der Waals surface area contributed by atoms with E-state index in [9.17, 15) is 9.59 Å². The molecule has 0 saturated carbocycles. The summed E-state index contributed by atoms with van der Waals surface area (Å²) in [7, 11) is 0. The summed E-state index contributed by atoms with van der Waals surface area (Å²) in [6, 6.07) is 24.8. The molecule has 1 aromatic heterocycles. The van der Waals surface area contributed by atoms with Crippen LogP contribution in [0.5, 0.6) is 0 Å². The number of fused-ring (bicyclic) bond motifs is 1. The monoisotopic (exact) mass is 397 g/mol. The number of nitrogens with zero attached hydrogens (tertiary/aromatic N) is 2. The highest BCUT2D eigenvalue weighted by Gasteiger charge is 2.11. The Bertz CT molecular complexity index is 1250. The molecule has 0 radical (unpaired) electrons. The van der Waals surface area contributed by atoms with E-state index in [1.54, 1.807) is 16.7 Å². The Morgan fingerprint density at radius 1 is 0.967 bits per heavy atom. The minimum atomic E-state index is -0.121. The van der Waals surface area contributed by atoms with Crippen molar-refractivity contribution in [3.63, 3.8) is 0 Å². The second-order valence-electron chi connectivity index (χ2n) is 7.25.